The van der Waals surface area contributed by atoms with Crippen LogP contribution in [0.1, 0.15) is 6.42 Å². The third-order valence-electron chi connectivity index (χ3n) is 3.74. The number of nitrogens with zero attached hydrogens (tertiary/aromatic N) is 1. The number of hydrogen-bond acceptors (Lipinski definition) is 4. The van der Waals surface area contributed by atoms with Gasteiger partial charge in [0.05, 0.1) is 23.2 Å². The predicted molar refractivity (Wildman–Crippen MR) is 78.0 cm³/mol. The normalized spacial score (nSPS) is 21.8. The van der Waals surface area contributed by atoms with Crippen LogP contribution in [0, 0.1) is 0 Å². The first kappa shape index (κ1) is 13.8. The largest absolute Gasteiger partial charge is 0.392 e. The van der Waals surface area contributed by atoms with E-state index in [1.165, 1.54) is 0 Å². The number of rotatable bonds is 4. The second-order valence-electron chi connectivity index (χ2n) is 5.24. The molecule has 1 fully saturated rings. The average molecular weight is 290 g/mol. The van der Waals surface area contributed by atoms with Gasteiger partial charge in [-0.05, 0) is 18.6 Å². The quantitative estimate of drug-likeness (QED) is 0.590. The molecule has 0 bridgehead atoms. The Hall–Kier alpha value is -2.12. The van der Waals surface area contributed by atoms with Gasteiger partial charge < -0.3 is 20.7 Å². The lowest BCUT2D eigenvalue weighted by molar-refractivity contribution is -0.122. The molecule has 0 spiro atoms. The highest BCUT2D eigenvalue weighted by molar-refractivity contribution is 5.82. The molecule has 1 amide bonds. The first-order valence-electron chi connectivity index (χ1n) is 7.02. The van der Waals surface area contributed by atoms with Gasteiger partial charge in [0, 0.05) is 19.6 Å². The van der Waals surface area contributed by atoms with Crippen molar-refractivity contribution in [1.29, 1.82) is 0 Å². The highest BCUT2D eigenvalue weighted by Gasteiger charge is 2.27. The standard InChI is InChI=1S/C14H18N4O3/c19-9-7-11(16-8-9)13(20)15-5-6-18-12-4-2-1-3-10(12)17-14(18)21/h1-4,9,11,16,19H,5-8H2,(H,15,20)(H,17,21). The van der Waals surface area contributed by atoms with Gasteiger partial charge in [-0.15, -0.1) is 0 Å². The smallest absolute Gasteiger partial charge is 0.326 e. The van der Waals surface area contributed by atoms with Crippen molar-refractivity contribution in [3.63, 3.8) is 0 Å². The van der Waals surface area contributed by atoms with Gasteiger partial charge in [-0.25, -0.2) is 4.79 Å². The maximum absolute atomic E-state index is 11.9. The van der Waals surface area contributed by atoms with E-state index >= 15 is 0 Å². The summed E-state index contributed by atoms with van der Waals surface area (Å²) in [6, 6.07) is 7.09. The zero-order valence-corrected chi connectivity index (χ0v) is 11.5. The number of imidazole rings is 1. The summed E-state index contributed by atoms with van der Waals surface area (Å²) in [5, 5.41) is 15.1. The molecule has 0 radical (unpaired) electrons. The molecule has 2 aromatic rings. The number of amides is 1. The molecule has 112 valence electrons. The first-order valence-corrected chi connectivity index (χ1v) is 7.02. The van der Waals surface area contributed by atoms with Crippen LogP contribution < -0.4 is 16.3 Å². The molecule has 2 heterocycles. The number of β-amino-alcohol motifs (C(OH)–C–C–N with tert-alkyl or cyclic N) is 1. The topological polar surface area (TPSA) is 99.2 Å². The number of H-pyrrole nitrogens is 1. The van der Waals surface area contributed by atoms with Crippen LogP contribution in [0.5, 0.6) is 0 Å². The molecule has 0 aliphatic carbocycles. The number of nitrogens with one attached hydrogen (secondary N) is 3. The lowest BCUT2D eigenvalue weighted by atomic mass is 10.2. The molecule has 1 aromatic heterocycles. The van der Waals surface area contributed by atoms with Crippen molar-refractivity contribution in [2.75, 3.05) is 13.1 Å². The summed E-state index contributed by atoms with van der Waals surface area (Å²) in [6.07, 6.45) is -0.0317. The summed E-state index contributed by atoms with van der Waals surface area (Å²) < 4.78 is 1.60. The van der Waals surface area contributed by atoms with Crippen LogP contribution >= 0.6 is 0 Å². The summed E-state index contributed by atoms with van der Waals surface area (Å²) in [4.78, 5) is 26.5. The van der Waals surface area contributed by atoms with E-state index in [2.05, 4.69) is 15.6 Å². The van der Waals surface area contributed by atoms with E-state index in [0.29, 0.717) is 26.1 Å². The van der Waals surface area contributed by atoms with E-state index < -0.39 is 6.10 Å². The van der Waals surface area contributed by atoms with Crippen molar-refractivity contribution in [2.24, 2.45) is 0 Å². The van der Waals surface area contributed by atoms with Crippen LogP contribution in [0.2, 0.25) is 0 Å². The van der Waals surface area contributed by atoms with Crippen LogP contribution in [0.15, 0.2) is 29.1 Å². The van der Waals surface area contributed by atoms with Gasteiger partial charge in [0.25, 0.3) is 0 Å². The molecule has 7 heteroatoms. The third kappa shape index (κ3) is 2.84. The molecule has 0 saturated carbocycles. The highest BCUT2D eigenvalue weighted by atomic mass is 16.3. The SMILES string of the molecule is O=C(NCCn1c(=O)[nH]c2ccccc21)C1CC(O)CN1. The first-order chi connectivity index (χ1) is 10.1. The number of benzene rings is 1. The molecule has 1 aliphatic rings. The Kier molecular flexibility index (Phi) is 3.76. The van der Waals surface area contributed by atoms with Gasteiger partial charge in [-0.2, -0.15) is 0 Å². The third-order valence-corrected chi connectivity index (χ3v) is 3.74. The van der Waals surface area contributed by atoms with Crippen LogP contribution in [0.4, 0.5) is 0 Å². The van der Waals surface area contributed by atoms with E-state index in [9.17, 15) is 14.7 Å². The summed E-state index contributed by atoms with van der Waals surface area (Å²) in [6.45, 7) is 1.22. The minimum atomic E-state index is -0.461. The number of aromatic amines is 1. The van der Waals surface area contributed by atoms with Crippen LogP contribution in [-0.2, 0) is 11.3 Å². The van der Waals surface area contributed by atoms with Crippen LogP contribution in [-0.4, -0.2) is 45.8 Å². The molecule has 1 aromatic carbocycles. The molecule has 7 nitrogen and oxygen atoms in total. The van der Waals surface area contributed by atoms with Crippen molar-refractivity contribution in [3.8, 4) is 0 Å². The van der Waals surface area contributed by atoms with Crippen molar-refractivity contribution in [3.05, 3.63) is 34.7 Å². The van der Waals surface area contributed by atoms with Crippen molar-refractivity contribution < 1.29 is 9.90 Å². The maximum Gasteiger partial charge on any atom is 0.326 e. The second kappa shape index (κ2) is 5.71. The summed E-state index contributed by atoms with van der Waals surface area (Å²) >= 11 is 0. The van der Waals surface area contributed by atoms with Crippen molar-refractivity contribution in [1.82, 2.24) is 20.2 Å². The van der Waals surface area contributed by atoms with Crippen LogP contribution in [0.25, 0.3) is 11.0 Å². The van der Waals surface area contributed by atoms with Gasteiger partial charge in [0.15, 0.2) is 0 Å². The zero-order chi connectivity index (χ0) is 14.8. The lowest BCUT2D eigenvalue weighted by Crippen LogP contribution is -2.42. The number of para-hydroxylation sites is 2. The highest BCUT2D eigenvalue weighted by Crippen LogP contribution is 2.08. The van der Waals surface area contributed by atoms with E-state index in [1.807, 2.05) is 24.3 Å². The minimum absolute atomic E-state index is 0.139. The van der Waals surface area contributed by atoms with Gasteiger partial charge in [0.2, 0.25) is 5.91 Å². The maximum atomic E-state index is 11.9. The van der Waals surface area contributed by atoms with E-state index in [-0.39, 0.29) is 17.6 Å². The molecular weight excluding hydrogens is 272 g/mol. The molecule has 1 aliphatic heterocycles. The van der Waals surface area contributed by atoms with Crippen LogP contribution in [0.3, 0.4) is 0 Å². The Morgan fingerprint density at radius 1 is 1.43 bits per heavy atom. The number of hydrogen-bond donors (Lipinski definition) is 4. The molecule has 2 unspecified atom stereocenters. The van der Waals surface area contributed by atoms with Crippen molar-refractivity contribution >= 4 is 16.9 Å². The summed E-state index contributed by atoms with van der Waals surface area (Å²) in [5.74, 6) is -0.139. The zero-order valence-electron chi connectivity index (χ0n) is 11.5. The summed E-state index contributed by atoms with van der Waals surface area (Å²) in [7, 11) is 0. The number of carbonyl (C=O) groups is 1. The molecule has 2 atom stereocenters. The number of aliphatic hydroxyl groups excluding tert-OH is 1. The molecule has 3 rings (SSSR count). The molecule has 1 saturated heterocycles. The van der Waals surface area contributed by atoms with Crippen molar-refractivity contribution in [2.45, 2.75) is 25.1 Å². The molecule has 4 N–H and O–H groups in total. The second-order valence-corrected chi connectivity index (χ2v) is 5.24. The molecule has 21 heavy (non-hydrogen) atoms. The Bertz CT molecular complexity index is 706. The minimum Gasteiger partial charge on any atom is -0.392 e. The van der Waals surface area contributed by atoms with E-state index in [1.54, 1.807) is 4.57 Å². The van der Waals surface area contributed by atoms with Gasteiger partial charge >= 0.3 is 5.69 Å². The number of aliphatic hydroxyl groups is 1. The average Bonchev–Trinajstić information content (AvgIpc) is 3.03. The number of carbonyl (C=O) groups excluding carboxylic acids is 1. The summed E-state index contributed by atoms with van der Waals surface area (Å²) in [5.41, 5.74) is 1.43. The van der Waals surface area contributed by atoms with Gasteiger partial charge in [-0.1, -0.05) is 12.1 Å². The molecular formula is C14H18N4O3. The Morgan fingerprint density at radius 2 is 2.24 bits per heavy atom. The lowest BCUT2D eigenvalue weighted by Gasteiger charge is -2.11. The van der Waals surface area contributed by atoms with Gasteiger partial charge in [0.1, 0.15) is 0 Å². The fourth-order valence-electron chi connectivity index (χ4n) is 2.66. The Morgan fingerprint density at radius 3 is 3.00 bits per heavy atom. The van der Waals surface area contributed by atoms with E-state index in [0.717, 1.165) is 11.0 Å². The van der Waals surface area contributed by atoms with Gasteiger partial charge in [-0.3, -0.25) is 9.36 Å². The monoisotopic (exact) mass is 290 g/mol. The predicted octanol–water partition coefficient (Wildman–Crippen LogP) is -0.831. The Balaban J connectivity index is 1.61. The van der Waals surface area contributed by atoms with E-state index in [4.69, 9.17) is 0 Å². The number of aromatic nitrogens is 2. The Labute approximate surface area is 121 Å². The fraction of sp³-hybridized carbons (Fsp3) is 0.429. The fourth-order valence-corrected chi connectivity index (χ4v) is 2.66. The number of fused-ring (bicyclic) bond motifs is 1.